The lowest BCUT2D eigenvalue weighted by molar-refractivity contribution is 0.601. The van der Waals surface area contributed by atoms with Crippen molar-refractivity contribution in [1.82, 2.24) is 9.55 Å². The van der Waals surface area contributed by atoms with E-state index < -0.39 is 17.0 Å². The second-order valence-corrected chi connectivity index (χ2v) is 7.21. The maximum atomic E-state index is 14.4. The molecule has 26 heavy (non-hydrogen) atoms. The number of aliphatic imine (C=N–C) groups is 1. The molecule has 4 rings (SSSR count). The van der Waals surface area contributed by atoms with Crippen LogP contribution in [-0.4, -0.2) is 26.1 Å². The topological polar surface area (TPSA) is 70.3 Å². The Morgan fingerprint density at radius 3 is 2.73 bits per heavy atom. The number of halogens is 1. The van der Waals surface area contributed by atoms with E-state index in [1.54, 1.807) is 53.4 Å². The van der Waals surface area contributed by atoms with Crippen LogP contribution in [-0.2, 0) is 17.7 Å². The van der Waals surface area contributed by atoms with Crippen LogP contribution in [0.25, 0.3) is 5.69 Å². The molecule has 2 aromatic carbocycles. The highest BCUT2D eigenvalue weighted by Gasteiger charge is 2.22. The van der Waals surface area contributed by atoms with E-state index in [1.165, 1.54) is 12.1 Å². The zero-order valence-corrected chi connectivity index (χ0v) is 14.7. The highest BCUT2D eigenvalue weighted by atomic mass is 32.2. The van der Waals surface area contributed by atoms with Crippen molar-refractivity contribution in [1.29, 1.82) is 0 Å². The molecule has 0 spiro atoms. The van der Waals surface area contributed by atoms with Crippen LogP contribution in [0.3, 0.4) is 0 Å². The molecule has 5 nitrogen and oxygen atoms in total. The average Bonchev–Trinajstić information content (AvgIpc) is 2.78. The van der Waals surface area contributed by atoms with Crippen molar-refractivity contribution in [3.63, 3.8) is 0 Å². The fourth-order valence-electron chi connectivity index (χ4n) is 2.99. The number of benzene rings is 2. The zero-order valence-electron chi connectivity index (χ0n) is 13.8. The van der Waals surface area contributed by atoms with E-state index in [0.717, 1.165) is 0 Å². The Kier molecular flexibility index (Phi) is 4.18. The lowest BCUT2D eigenvalue weighted by atomic mass is 10.00. The molecule has 3 aromatic rings. The molecule has 0 saturated heterocycles. The molecule has 0 bridgehead atoms. The lowest BCUT2D eigenvalue weighted by Gasteiger charge is -2.15. The third-order valence-electron chi connectivity index (χ3n) is 4.21. The maximum absolute atomic E-state index is 14.4. The summed E-state index contributed by atoms with van der Waals surface area (Å²) in [4.78, 5) is 20.8. The summed E-state index contributed by atoms with van der Waals surface area (Å²) in [5.74, 6) is 0.0733. The Balaban J connectivity index is 2.03. The van der Waals surface area contributed by atoms with E-state index in [4.69, 9.17) is 0 Å². The monoisotopic (exact) mass is 367 g/mol. The van der Waals surface area contributed by atoms with Crippen LogP contribution >= 0.6 is 0 Å². The van der Waals surface area contributed by atoms with Crippen molar-refractivity contribution < 1.29 is 8.94 Å². The summed E-state index contributed by atoms with van der Waals surface area (Å²) in [6.07, 6.45) is 3.22. The second kappa shape index (κ2) is 6.51. The lowest BCUT2D eigenvalue weighted by Crippen LogP contribution is -2.15. The highest BCUT2D eigenvalue weighted by molar-refractivity contribution is 7.90. The van der Waals surface area contributed by atoms with Gasteiger partial charge in [-0.2, -0.15) is 4.98 Å². The Morgan fingerprint density at radius 2 is 1.96 bits per heavy atom. The van der Waals surface area contributed by atoms with Crippen LogP contribution in [0.2, 0.25) is 0 Å². The molecule has 1 aliphatic rings. The average molecular weight is 367 g/mol. The fraction of sp³-hybridized carbons (Fsp3) is 0.105. The molecule has 1 aromatic heterocycles. The van der Waals surface area contributed by atoms with Gasteiger partial charge >= 0.3 is 0 Å². The third-order valence-corrected chi connectivity index (χ3v) is 5.12. The van der Waals surface area contributed by atoms with Gasteiger partial charge in [0.1, 0.15) is 17.9 Å². The molecule has 0 amide bonds. The number of hydrogen-bond acceptors (Lipinski definition) is 4. The molecule has 0 N–H and O–H groups in total. The number of nitrogens with zero attached hydrogens (tertiary/aromatic N) is 3. The zero-order chi connectivity index (χ0) is 18.3. The highest BCUT2D eigenvalue weighted by Crippen LogP contribution is 2.27. The minimum Gasteiger partial charge on any atom is -0.612 e. The van der Waals surface area contributed by atoms with Crippen LogP contribution in [0.4, 0.5) is 4.39 Å². The first-order chi connectivity index (χ1) is 12.5. The smallest absolute Gasteiger partial charge is 0.272 e. The van der Waals surface area contributed by atoms with Gasteiger partial charge in [-0.3, -0.25) is 9.79 Å². The molecule has 1 atom stereocenters. The van der Waals surface area contributed by atoms with Crippen LogP contribution in [0.1, 0.15) is 17.0 Å². The first kappa shape index (κ1) is 16.7. The summed E-state index contributed by atoms with van der Waals surface area (Å²) >= 11 is -1.19. The molecule has 1 aliphatic heterocycles. The van der Waals surface area contributed by atoms with Crippen LogP contribution < -0.4 is 5.56 Å². The Morgan fingerprint density at radius 1 is 1.15 bits per heavy atom. The van der Waals surface area contributed by atoms with Crippen molar-refractivity contribution in [2.45, 2.75) is 11.4 Å². The molecule has 0 saturated carbocycles. The molecule has 0 aliphatic carbocycles. The number of aromatic nitrogens is 2. The molecule has 0 fully saturated rings. The molecule has 1 unspecified atom stereocenters. The van der Waals surface area contributed by atoms with Crippen LogP contribution in [0, 0.1) is 5.82 Å². The number of fused-ring (bicyclic) bond motifs is 3. The van der Waals surface area contributed by atoms with E-state index in [1.807, 2.05) is 0 Å². The Hall–Kier alpha value is -2.77. The van der Waals surface area contributed by atoms with E-state index in [0.29, 0.717) is 33.2 Å². The van der Waals surface area contributed by atoms with Gasteiger partial charge in [0.15, 0.2) is 4.90 Å². The van der Waals surface area contributed by atoms with E-state index in [-0.39, 0.29) is 12.1 Å². The van der Waals surface area contributed by atoms with Gasteiger partial charge in [0, 0.05) is 29.5 Å². The van der Waals surface area contributed by atoms with Crippen molar-refractivity contribution in [2.75, 3.05) is 6.26 Å². The van der Waals surface area contributed by atoms with Crippen LogP contribution in [0.5, 0.6) is 0 Å². The fourth-order valence-corrected chi connectivity index (χ4v) is 3.53. The molecular formula is C19H14FN3O2S. The van der Waals surface area contributed by atoms with Gasteiger partial charge in [-0.25, -0.2) is 4.39 Å². The summed E-state index contributed by atoms with van der Waals surface area (Å²) in [6.45, 7) is 0.138. The summed E-state index contributed by atoms with van der Waals surface area (Å²) in [5, 5.41) is 0. The Bertz CT molecular complexity index is 1090. The predicted molar refractivity (Wildman–Crippen MR) is 97.9 cm³/mol. The second-order valence-electron chi connectivity index (χ2n) is 5.83. The molecule has 130 valence electrons. The minimum atomic E-state index is -1.19. The van der Waals surface area contributed by atoms with Crippen molar-refractivity contribution >= 4 is 16.9 Å². The normalized spacial score (nSPS) is 14.0. The van der Waals surface area contributed by atoms with Crippen molar-refractivity contribution in [3.8, 4) is 5.69 Å². The predicted octanol–water partition coefficient (Wildman–Crippen LogP) is 2.46. The quantitative estimate of drug-likeness (QED) is 0.653. The molecule has 2 heterocycles. The standard InChI is InChI=1S/C19H14FN3O2S/c1-26(25)12-6-7-16-14(10-12)19(13-4-2-3-5-15(13)20)21-11-17-22-18(24)8-9-23(16)17/h2-10H,11H2,1H3. The summed E-state index contributed by atoms with van der Waals surface area (Å²) < 4.78 is 28.2. The molecule has 0 radical (unpaired) electrons. The maximum Gasteiger partial charge on any atom is 0.272 e. The Labute approximate surface area is 152 Å². The van der Waals surface area contributed by atoms with Gasteiger partial charge < -0.3 is 9.12 Å². The molecule has 7 heteroatoms. The third kappa shape index (κ3) is 2.85. The van der Waals surface area contributed by atoms with Gasteiger partial charge in [-0.1, -0.05) is 12.1 Å². The van der Waals surface area contributed by atoms with E-state index in [2.05, 4.69) is 9.98 Å². The van der Waals surface area contributed by atoms with Crippen molar-refractivity contribution in [2.24, 2.45) is 4.99 Å². The largest absolute Gasteiger partial charge is 0.612 e. The van der Waals surface area contributed by atoms with Crippen LogP contribution in [0.15, 0.2) is 69.4 Å². The summed E-state index contributed by atoms with van der Waals surface area (Å²) in [5.41, 5.74) is 1.80. The summed E-state index contributed by atoms with van der Waals surface area (Å²) in [6, 6.07) is 13.0. The van der Waals surface area contributed by atoms with Crippen molar-refractivity contribution in [3.05, 3.63) is 87.9 Å². The summed E-state index contributed by atoms with van der Waals surface area (Å²) in [7, 11) is 0. The minimum absolute atomic E-state index is 0.138. The van der Waals surface area contributed by atoms with Gasteiger partial charge in [0.05, 0.1) is 17.9 Å². The SMILES string of the molecule is C[S+]([O-])c1ccc2c(c1)C(c1ccccc1F)=NCc1nc(=O)ccn1-2. The van der Waals surface area contributed by atoms with Gasteiger partial charge in [-0.15, -0.1) is 0 Å². The first-order valence-electron chi connectivity index (χ1n) is 7.91. The first-order valence-corrected chi connectivity index (χ1v) is 9.46. The van der Waals surface area contributed by atoms with Gasteiger partial charge in [0.2, 0.25) is 0 Å². The van der Waals surface area contributed by atoms with Gasteiger partial charge in [0.25, 0.3) is 5.56 Å². The molecular weight excluding hydrogens is 353 g/mol. The number of hydrogen-bond donors (Lipinski definition) is 0. The van der Waals surface area contributed by atoms with Gasteiger partial charge in [-0.05, 0) is 35.4 Å². The van der Waals surface area contributed by atoms with E-state index >= 15 is 0 Å². The van der Waals surface area contributed by atoms with E-state index in [9.17, 15) is 13.7 Å². The number of rotatable bonds is 2.